The van der Waals surface area contributed by atoms with Crippen LogP contribution in [0.15, 0.2) is 12.1 Å². The second kappa shape index (κ2) is 7.88. The quantitative estimate of drug-likeness (QED) is 0.430. The van der Waals surface area contributed by atoms with Crippen LogP contribution in [0.1, 0.15) is 76.0 Å². The van der Waals surface area contributed by atoms with E-state index in [1.165, 1.54) is 5.56 Å². The molecule has 6 heteroatoms. The highest BCUT2D eigenvalue weighted by molar-refractivity contribution is 8.13. The molecule has 2 nitrogen and oxygen atoms in total. The van der Waals surface area contributed by atoms with E-state index in [-0.39, 0.29) is 23.9 Å². The van der Waals surface area contributed by atoms with Crippen molar-refractivity contribution in [2.75, 3.05) is 0 Å². The summed E-state index contributed by atoms with van der Waals surface area (Å²) >= 11 is -0.524. The molecule has 1 aromatic rings. The molecule has 1 aromatic carbocycles. The largest absolute Gasteiger partial charge is 0.418 e. The molecule has 0 saturated heterocycles. The number of hydrogen-bond acceptors (Lipinski definition) is 4. The summed E-state index contributed by atoms with van der Waals surface area (Å²) in [6.45, 7) is 12.3. The Hall–Kier alpha value is -0.460. The maximum Gasteiger partial charge on any atom is 0.400 e. The molecule has 0 saturated carbocycles. The molecule has 0 fully saturated rings. The molecule has 0 aliphatic heterocycles. The van der Waals surface area contributed by atoms with Crippen molar-refractivity contribution in [3.63, 3.8) is 0 Å². The van der Waals surface area contributed by atoms with E-state index in [1.54, 1.807) is 0 Å². The predicted molar refractivity (Wildman–Crippen MR) is 92.1 cm³/mol. The highest BCUT2D eigenvalue weighted by Gasteiger charge is 2.34. The fourth-order valence-electron chi connectivity index (χ4n) is 2.09. The van der Waals surface area contributed by atoms with Gasteiger partial charge in [-0.05, 0) is 34.4 Å². The van der Waals surface area contributed by atoms with Gasteiger partial charge in [-0.25, -0.2) is 0 Å². The van der Waals surface area contributed by atoms with Gasteiger partial charge in [0.25, 0.3) is 0 Å². The summed E-state index contributed by atoms with van der Waals surface area (Å²) in [6, 6.07) is 4.06. The van der Waals surface area contributed by atoms with Crippen LogP contribution < -0.4 is 4.18 Å². The Morgan fingerprint density at radius 3 is 1.73 bits per heavy atom. The van der Waals surface area contributed by atoms with Crippen molar-refractivity contribution in [3.05, 3.63) is 28.8 Å². The van der Waals surface area contributed by atoms with Crippen LogP contribution in [0.4, 0.5) is 8.78 Å². The molecule has 0 amide bonds. The number of alkyl halides is 2. The molecule has 0 aliphatic rings. The first-order valence-corrected chi connectivity index (χ1v) is 8.84. The van der Waals surface area contributed by atoms with Crippen molar-refractivity contribution in [1.82, 2.24) is 0 Å². The van der Waals surface area contributed by atoms with Gasteiger partial charge in [0.1, 0.15) is 17.8 Å². The van der Waals surface area contributed by atoms with E-state index in [1.807, 2.05) is 39.8 Å². The average Bonchev–Trinajstić information content (AvgIpc) is 2.43. The smallest absolute Gasteiger partial charge is 0.400 e. The fourth-order valence-corrected chi connectivity index (χ4v) is 2.69. The van der Waals surface area contributed by atoms with Crippen molar-refractivity contribution < 1.29 is 17.5 Å². The highest BCUT2D eigenvalue weighted by atomic mass is 32.2. The van der Waals surface area contributed by atoms with Crippen LogP contribution in [0.3, 0.4) is 0 Å². The van der Waals surface area contributed by atoms with Crippen LogP contribution in [-0.4, -0.2) is 9.14 Å². The van der Waals surface area contributed by atoms with Gasteiger partial charge in [-0.15, -0.1) is 0 Å². The molecule has 22 heavy (non-hydrogen) atoms. The second-order valence-corrected chi connectivity index (χ2v) is 8.01. The Kier molecular flexibility index (Phi) is 7.02. The summed E-state index contributed by atoms with van der Waals surface area (Å²) in [6.07, 6.45) is 0. The van der Waals surface area contributed by atoms with E-state index in [2.05, 4.69) is 13.8 Å². The number of rotatable bonds is 7. The van der Waals surface area contributed by atoms with Crippen LogP contribution in [-0.2, 0) is 0 Å². The zero-order valence-electron chi connectivity index (χ0n) is 13.8. The Labute approximate surface area is 140 Å². The van der Waals surface area contributed by atoms with Crippen LogP contribution in [0.2, 0.25) is 0 Å². The maximum atomic E-state index is 13.3. The summed E-state index contributed by atoms with van der Waals surface area (Å²) in [5.74, 6) is 1.16. The molecular formula is C16H24F2O2S2. The molecule has 0 unspecified atom stereocenters. The molecule has 126 valence electrons. The van der Waals surface area contributed by atoms with Gasteiger partial charge in [-0.1, -0.05) is 53.7 Å². The first-order chi connectivity index (χ1) is 10.1. The van der Waals surface area contributed by atoms with Gasteiger partial charge in [0.15, 0.2) is 0 Å². The van der Waals surface area contributed by atoms with Crippen LogP contribution in [0.25, 0.3) is 0 Å². The van der Waals surface area contributed by atoms with Crippen LogP contribution in [0, 0.1) is 0 Å². The van der Waals surface area contributed by atoms with Gasteiger partial charge >= 0.3 is 4.59 Å². The summed E-state index contributed by atoms with van der Waals surface area (Å²) < 4.78 is 37.1. The Morgan fingerprint density at radius 2 is 1.41 bits per heavy atom. The highest BCUT2D eigenvalue weighted by Crippen LogP contribution is 2.44. The monoisotopic (exact) mass is 350 g/mol. The topological polar surface area (TPSA) is 29.5 Å². The van der Waals surface area contributed by atoms with Crippen molar-refractivity contribution >= 4 is 24.1 Å². The van der Waals surface area contributed by atoms with Crippen molar-refractivity contribution in [3.8, 4) is 5.75 Å². The van der Waals surface area contributed by atoms with E-state index in [9.17, 15) is 8.78 Å². The van der Waals surface area contributed by atoms with E-state index >= 15 is 0 Å². The normalized spacial score (nSPS) is 12.5. The predicted octanol–water partition coefficient (Wildman–Crippen LogP) is 6.84. The lowest BCUT2D eigenvalue weighted by molar-refractivity contribution is 0.197. The Balaban J connectivity index is 3.32. The van der Waals surface area contributed by atoms with Gasteiger partial charge in [-0.3, -0.25) is 0 Å². The van der Waals surface area contributed by atoms with Gasteiger partial charge in [0.05, 0.1) is 12.0 Å². The maximum absolute atomic E-state index is 13.3. The first kappa shape index (κ1) is 19.6. The molecule has 0 radical (unpaired) electrons. The minimum absolute atomic E-state index is 0.0112. The standard InChI is InChI=1S/C16H24F2O2S2/c1-9(2)12-7-13(10(3)4)15(14(8-12)11(5)6)20-22-16(17,18)21-19/h7-11,19H,1-6H3. The number of benzene rings is 1. The summed E-state index contributed by atoms with van der Waals surface area (Å²) in [7, 11) is 0. The third kappa shape index (κ3) is 5.03. The minimum Gasteiger partial charge on any atom is -0.418 e. The molecular weight excluding hydrogens is 326 g/mol. The SMILES string of the molecule is CC(C)c1cc(C(C)C)c(OSC(F)(F)SO)c(C(C)C)c1. The van der Waals surface area contributed by atoms with Crippen LogP contribution >= 0.6 is 24.1 Å². The van der Waals surface area contributed by atoms with Crippen molar-refractivity contribution in [2.45, 2.75) is 63.9 Å². The lowest BCUT2D eigenvalue weighted by atomic mass is 9.88. The summed E-state index contributed by atoms with van der Waals surface area (Å²) in [4.78, 5) is 0. The molecule has 0 atom stereocenters. The third-order valence-electron chi connectivity index (χ3n) is 3.41. The molecule has 0 heterocycles. The number of hydrogen-bond donors (Lipinski definition) is 1. The Bertz CT molecular complexity index is 474. The molecule has 1 N–H and O–H groups in total. The lowest BCUT2D eigenvalue weighted by Gasteiger charge is -2.22. The third-order valence-corrected chi connectivity index (χ3v) is 4.49. The van der Waals surface area contributed by atoms with Gasteiger partial charge in [0, 0.05) is 0 Å². The molecule has 1 rings (SSSR count). The molecule has 0 aliphatic carbocycles. The first-order valence-electron chi connectivity index (χ1n) is 7.32. The van der Waals surface area contributed by atoms with Gasteiger partial charge in [0.2, 0.25) is 0 Å². The van der Waals surface area contributed by atoms with Crippen molar-refractivity contribution in [1.29, 1.82) is 0 Å². The molecule has 0 bridgehead atoms. The van der Waals surface area contributed by atoms with E-state index in [4.69, 9.17) is 8.74 Å². The van der Waals surface area contributed by atoms with Gasteiger partial charge in [-0.2, -0.15) is 8.78 Å². The Morgan fingerprint density at radius 1 is 0.955 bits per heavy atom. The van der Waals surface area contributed by atoms with Crippen molar-refractivity contribution in [2.24, 2.45) is 0 Å². The lowest BCUT2D eigenvalue weighted by Crippen LogP contribution is -2.09. The zero-order valence-corrected chi connectivity index (χ0v) is 15.4. The van der Waals surface area contributed by atoms with E-state index in [0.29, 0.717) is 11.7 Å². The summed E-state index contributed by atoms with van der Waals surface area (Å²) in [5.41, 5.74) is 3.01. The van der Waals surface area contributed by atoms with E-state index < -0.39 is 16.6 Å². The minimum atomic E-state index is -3.39. The van der Waals surface area contributed by atoms with Crippen LogP contribution in [0.5, 0.6) is 5.75 Å². The zero-order chi connectivity index (χ0) is 17.1. The average molecular weight is 350 g/mol. The second-order valence-electron chi connectivity index (χ2n) is 6.21. The van der Waals surface area contributed by atoms with Gasteiger partial charge < -0.3 is 8.74 Å². The number of halogens is 2. The fraction of sp³-hybridized carbons (Fsp3) is 0.625. The van der Waals surface area contributed by atoms with E-state index in [0.717, 1.165) is 11.1 Å². The molecule has 0 spiro atoms. The molecule has 0 aromatic heterocycles. The summed E-state index contributed by atoms with van der Waals surface area (Å²) in [5, 5.41) is 0.